The molecule has 1 fully saturated rings. The van der Waals surface area contributed by atoms with E-state index in [0.717, 1.165) is 31.6 Å². The van der Waals surface area contributed by atoms with Gasteiger partial charge in [0.2, 0.25) is 5.95 Å². The van der Waals surface area contributed by atoms with Gasteiger partial charge < -0.3 is 10.6 Å². The van der Waals surface area contributed by atoms with Crippen LogP contribution in [0.3, 0.4) is 0 Å². The summed E-state index contributed by atoms with van der Waals surface area (Å²) in [6, 6.07) is 11.9. The number of rotatable bonds is 5. The van der Waals surface area contributed by atoms with Crippen LogP contribution in [0.2, 0.25) is 0 Å². The van der Waals surface area contributed by atoms with Crippen LogP contribution in [0.5, 0.6) is 0 Å². The van der Waals surface area contributed by atoms with Crippen LogP contribution in [0.25, 0.3) is 11.3 Å². The van der Waals surface area contributed by atoms with Gasteiger partial charge in [-0.25, -0.2) is 27.7 Å². The molecule has 0 radical (unpaired) electrons. The van der Waals surface area contributed by atoms with Crippen LogP contribution in [0.4, 0.5) is 17.5 Å². The van der Waals surface area contributed by atoms with Crippen molar-refractivity contribution in [1.29, 1.82) is 0 Å². The lowest BCUT2D eigenvalue weighted by Crippen LogP contribution is -2.35. The average molecular weight is 449 g/mol. The van der Waals surface area contributed by atoms with Crippen LogP contribution >= 0.6 is 0 Å². The molecule has 1 aromatic carbocycles. The lowest BCUT2D eigenvalue weighted by atomic mass is 9.90. The van der Waals surface area contributed by atoms with Crippen LogP contribution < -0.4 is 14.9 Å². The molecule has 32 heavy (non-hydrogen) atoms. The molecule has 0 aliphatic carbocycles. The molecule has 5 rings (SSSR count). The highest BCUT2D eigenvalue weighted by Crippen LogP contribution is 2.40. The van der Waals surface area contributed by atoms with Crippen molar-refractivity contribution in [3.63, 3.8) is 0 Å². The van der Waals surface area contributed by atoms with Crippen LogP contribution in [0, 0.1) is 0 Å². The number of hydrogen-bond acceptors (Lipinski definition) is 7. The average Bonchev–Trinajstić information content (AvgIpc) is 2.83. The Morgan fingerprint density at radius 3 is 2.69 bits per heavy atom. The lowest BCUT2D eigenvalue weighted by Gasteiger charge is -2.29. The Kier molecular flexibility index (Phi) is 5.36. The van der Waals surface area contributed by atoms with Gasteiger partial charge in [-0.2, -0.15) is 0 Å². The summed E-state index contributed by atoms with van der Waals surface area (Å²) in [6.07, 6.45) is 6.75. The summed E-state index contributed by atoms with van der Waals surface area (Å²) in [7, 11) is -3.82. The Morgan fingerprint density at radius 1 is 1.16 bits per heavy atom. The third-order valence-electron chi connectivity index (χ3n) is 5.87. The molecule has 3 aromatic rings. The Hall–Kier alpha value is -3.30. The van der Waals surface area contributed by atoms with Crippen LogP contribution in [0.15, 0.2) is 66.3 Å². The van der Waals surface area contributed by atoms with E-state index in [0.29, 0.717) is 28.9 Å². The summed E-state index contributed by atoms with van der Waals surface area (Å²) in [6.45, 7) is 5.89. The van der Waals surface area contributed by atoms with Crippen LogP contribution in [-0.4, -0.2) is 43.0 Å². The molecule has 0 unspecified atom stereocenters. The van der Waals surface area contributed by atoms with Crippen molar-refractivity contribution in [1.82, 2.24) is 20.3 Å². The van der Waals surface area contributed by atoms with E-state index in [2.05, 4.69) is 44.3 Å². The fraction of sp³-hybridized carbons (Fsp3) is 0.261. The van der Waals surface area contributed by atoms with Gasteiger partial charge in [-0.3, -0.25) is 0 Å². The number of benzene rings is 1. The topological polar surface area (TPSA) is 100 Å². The molecule has 0 spiro atoms. The summed E-state index contributed by atoms with van der Waals surface area (Å²) in [5.74, 6) is 1.26. The molecule has 0 atom stereocenters. The van der Waals surface area contributed by atoms with Crippen molar-refractivity contribution in [2.75, 3.05) is 29.3 Å². The first-order valence-electron chi connectivity index (χ1n) is 10.6. The van der Waals surface area contributed by atoms with E-state index in [4.69, 9.17) is 0 Å². The number of nitrogens with zero attached hydrogens (tertiary/aromatic N) is 4. The van der Waals surface area contributed by atoms with E-state index in [9.17, 15) is 8.42 Å². The number of nitrogens with one attached hydrogen (secondary N) is 2. The maximum absolute atomic E-state index is 13.1. The predicted molar refractivity (Wildman–Crippen MR) is 125 cm³/mol. The highest BCUT2D eigenvalue weighted by atomic mass is 32.2. The molecule has 4 heterocycles. The summed E-state index contributed by atoms with van der Waals surface area (Å²) < 4.78 is 27.5. The summed E-state index contributed by atoms with van der Waals surface area (Å²) in [5, 5.41) is 6.59. The number of pyridine rings is 1. The van der Waals surface area contributed by atoms with Crippen molar-refractivity contribution in [2.45, 2.75) is 23.7 Å². The minimum atomic E-state index is -3.82. The van der Waals surface area contributed by atoms with Gasteiger partial charge in [0, 0.05) is 17.4 Å². The van der Waals surface area contributed by atoms with Crippen molar-refractivity contribution in [3.05, 3.63) is 67.0 Å². The molecule has 2 aromatic heterocycles. The number of fused-ring (bicyclic) bond motifs is 3. The maximum atomic E-state index is 13.1. The zero-order valence-corrected chi connectivity index (χ0v) is 18.3. The Morgan fingerprint density at radius 2 is 1.94 bits per heavy atom. The summed E-state index contributed by atoms with van der Waals surface area (Å²) in [4.78, 5) is 13.2. The number of anilines is 3. The largest absolute Gasteiger partial charge is 0.324 e. The second-order valence-electron chi connectivity index (χ2n) is 7.88. The Labute approximate surface area is 187 Å². The molecule has 164 valence electrons. The minimum absolute atomic E-state index is 0.0617. The normalized spacial score (nSPS) is 17.3. The fourth-order valence-electron chi connectivity index (χ4n) is 4.25. The Bertz CT molecular complexity index is 1250. The van der Waals surface area contributed by atoms with Crippen molar-refractivity contribution in [3.8, 4) is 11.3 Å². The molecule has 2 aliphatic heterocycles. The first-order chi connectivity index (χ1) is 15.6. The predicted octanol–water partition coefficient (Wildman–Crippen LogP) is 3.44. The van der Waals surface area contributed by atoms with Gasteiger partial charge in [0.25, 0.3) is 10.0 Å². The zero-order chi connectivity index (χ0) is 22.1. The first kappa shape index (κ1) is 20.6. The SMILES string of the molecule is C=CCN1c2ncccc2-c2nc(Nc3ccc(C4CCNCC4)cc3)ncc2S1(=O)=O. The Balaban J connectivity index is 1.46. The molecule has 2 aliphatic rings. The second-order valence-corrected chi connectivity index (χ2v) is 9.71. The first-order valence-corrected chi connectivity index (χ1v) is 12.1. The van der Waals surface area contributed by atoms with Gasteiger partial charge >= 0.3 is 0 Å². The van der Waals surface area contributed by atoms with Crippen molar-refractivity contribution >= 4 is 27.5 Å². The number of aromatic nitrogens is 3. The van der Waals surface area contributed by atoms with Gasteiger partial charge in [-0.1, -0.05) is 18.2 Å². The molecule has 0 bridgehead atoms. The zero-order valence-electron chi connectivity index (χ0n) is 17.5. The smallest absolute Gasteiger partial charge is 0.269 e. The number of sulfonamides is 1. The molecule has 0 amide bonds. The van der Waals surface area contributed by atoms with E-state index >= 15 is 0 Å². The van der Waals surface area contributed by atoms with Crippen LogP contribution in [0.1, 0.15) is 24.3 Å². The number of piperidine rings is 1. The van der Waals surface area contributed by atoms with Gasteiger partial charge in [0.05, 0.1) is 12.7 Å². The summed E-state index contributed by atoms with van der Waals surface area (Å²) >= 11 is 0. The highest BCUT2D eigenvalue weighted by molar-refractivity contribution is 7.93. The standard InChI is InChI=1S/C23H24N6O2S/c1-2-14-29-22-19(4-3-11-25-22)21-20(32(29,30)31)15-26-23(28-21)27-18-7-5-16(6-8-18)17-9-12-24-13-10-17/h2-8,11,15,17,24H,1,9-10,12-14H2,(H,26,27,28). The van der Waals surface area contributed by atoms with Gasteiger partial charge in [-0.05, 0) is 61.7 Å². The summed E-state index contributed by atoms with van der Waals surface area (Å²) in [5.41, 5.74) is 3.17. The monoisotopic (exact) mass is 448 g/mol. The molecule has 2 N–H and O–H groups in total. The van der Waals surface area contributed by atoms with E-state index < -0.39 is 10.0 Å². The molecule has 1 saturated heterocycles. The third-order valence-corrected chi connectivity index (χ3v) is 7.63. The van der Waals surface area contributed by atoms with Gasteiger partial charge in [0.15, 0.2) is 5.82 Å². The molecule has 8 nitrogen and oxygen atoms in total. The molecule has 9 heteroatoms. The van der Waals surface area contributed by atoms with E-state index in [1.54, 1.807) is 12.3 Å². The van der Waals surface area contributed by atoms with E-state index in [-0.39, 0.29) is 11.4 Å². The molecular formula is C23H24N6O2S. The van der Waals surface area contributed by atoms with E-state index in [1.165, 1.54) is 22.1 Å². The molecule has 0 saturated carbocycles. The third kappa shape index (κ3) is 3.63. The second kappa shape index (κ2) is 8.33. The fourth-order valence-corrected chi connectivity index (χ4v) is 5.75. The lowest BCUT2D eigenvalue weighted by molar-refractivity contribution is 0.460. The molecular weight excluding hydrogens is 424 g/mol. The van der Waals surface area contributed by atoms with Crippen LogP contribution in [-0.2, 0) is 10.0 Å². The van der Waals surface area contributed by atoms with Gasteiger partial charge in [0.1, 0.15) is 10.6 Å². The minimum Gasteiger partial charge on any atom is -0.324 e. The van der Waals surface area contributed by atoms with Crippen molar-refractivity contribution < 1.29 is 8.42 Å². The highest BCUT2D eigenvalue weighted by Gasteiger charge is 2.36. The van der Waals surface area contributed by atoms with Crippen molar-refractivity contribution in [2.24, 2.45) is 0 Å². The maximum Gasteiger partial charge on any atom is 0.269 e. The van der Waals surface area contributed by atoms with Gasteiger partial charge in [-0.15, -0.1) is 6.58 Å². The number of hydrogen-bond donors (Lipinski definition) is 2. The quantitative estimate of drug-likeness (QED) is 0.577. The van der Waals surface area contributed by atoms with E-state index in [1.807, 2.05) is 18.2 Å².